The van der Waals surface area contributed by atoms with E-state index >= 15 is 0 Å². The second-order valence-electron chi connectivity index (χ2n) is 4.35. The SMILES string of the molecule is Cc1cc(C(N)=S)cc(NCc2nc(C)c(C)o2)n1. The van der Waals surface area contributed by atoms with Crippen molar-refractivity contribution in [1.82, 2.24) is 9.97 Å². The number of oxazole rings is 1. The topological polar surface area (TPSA) is 77.0 Å². The molecule has 2 aromatic heterocycles. The molecule has 2 heterocycles. The molecule has 2 rings (SSSR count). The zero-order valence-corrected chi connectivity index (χ0v) is 12.0. The Morgan fingerprint density at radius 1 is 1.32 bits per heavy atom. The summed E-state index contributed by atoms with van der Waals surface area (Å²) < 4.78 is 5.49. The van der Waals surface area contributed by atoms with E-state index in [1.165, 1.54) is 0 Å². The number of nitrogens with one attached hydrogen (secondary N) is 1. The number of aryl methyl sites for hydroxylation is 3. The normalized spacial score (nSPS) is 10.5. The maximum atomic E-state index is 5.63. The highest BCUT2D eigenvalue weighted by Gasteiger charge is 2.07. The summed E-state index contributed by atoms with van der Waals surface area (Å²) in [5.74, 6) is 2.17. The molecule has 0 saturated heterocycles. The fourth-order valence-electron chi connectivity index (χ4n) is 1.68. The molecular weight excluding hydrogens is 260 g/mol. The summed E-state index contributed by atoms with van der Waals surface area (Å²) in [6.07, 6.45) is 0. The number of aromatic nitrogens is 2. The molecule has 0 aromatic carbocycles. The van der Waals surface area contributed by atoms with Crippen molar-refractivity contribution in [3.05, 3.63) is 40.7 Å². The molecule has 0 aliphatic rings. The molecule has 0 atom stereocenters. The van der Waals surface area contributed by atoms with Crippen molar-refractivity contribution >= 4 is 23.0 Å². The fraction of sp³-hybridized carbons (Fsp3) is 0.308. The lowest BCUT2D eigenvalue weighted by molar-refractivity contribution is 0.478. The Bertz CT molecular complexity index is 602. The van der Waals surface area contributed by atoms with E-state index in [9.17, 15) is 0 Å². The van der Waals surface area contributed by atoms with Crippen LogP contribution in [0.25, 0.3) is 0 Å². The van der Waals surface area contributed by atoms with Gasteiger partial charge in [-0.1, -0.05) is 12.2 Å². The van der Waals surface area contributed by atoms with Gasteiger partial charge in [0.15, 0.2) is 0 Å². The van der Waals surface area contributed by atoms with Crippen molar-refractivity contribution in [3.8, 4) is 0 Å². The van der Waals surface area contributed by atoms with Gasteiger partial charge in [0, 0.05) is 11.3 Å². The molecule has 6 heteroatoms. The van der Waals surface area contributed by atoms with Gasteiger partial charge in [-0.2, -0.15) is 0 Å². The van der Waals surface area contributed by atoms with Crippen molar-refractivity contribution in [2.24, 2.45) is 5.73 Å². The molecule has 2 aromatic rings. The molecule has 0 unspecified atom stereocenters. The Kier molecular flexibility index (Phi) is 3.80. The van der Waals surface area contributed by atoms with Gasteiger partial charge in [-0.25, -0.2) is 9.97 Å². The monoisotopic (exact) mass is 276 g/mol. The minimum absolute atomic E-state index is 0.358. The highest BCUT2D eigenvalue weighted by Crippen LogP contribution is 2.13. The van der Waals surface area contributed by atoms with Crippen LogP contribution < -0.4 is 11.1 Å². The standard InChI is InChI=1S/C13H16N4OS/c1-7-4-10(13(14)19)5-11(16-7)15-6-12-17-8(2)9(3)18-12/h4-5H,6H2,1-3H3,(H2,14,19)(H,15,16). The minimum Gasteiger partial charge on any atom is -0.444 e. The van der Waals surface area contributed by atoms with Crippen LogP contribution in [-0.4, -0.2) is 15.0 Å². The van der Waals surface area contributed by atoms with Crippen LogP contribution in [0.2, 0.25) is 0 Å². The van der Waals surface area contributed by atoms with Crippen molar-refractivity contribution in [2.75, 3.05) is 5.32 Å². The summed E-state index contributed by atoms with van der Waals surface area (Å²) in [6, 6.07) is 3.67. The third-order valence-corrected chi connectivity index (χ3v) is 2.97. The zero-order chi connectivity index (χ0) is 14.0. The molecule has 0 aliphatic carbocycles. The molecule has 5 nitrogen and oxygen atoms in total. The van der Waals surface area contributed by atoms with Crippen LogP contribution in [0.3, 0.4) is 0 Å². The van der Waals surface area contributed by atoms with Crippen LogP contribution in [0.4, 0.5) is 5.82 Å². The predicted octanol–water partition coefficient (Wildman–Crippen LogP) is 2.24. The number of pyridine rings is 1. The number of hydrogen-bond acceptors (Lipinski definition) is 5. The molecule has 3 N–H and O–H groups in total. The molecule has 0 spiro atoms. The largest absolute Gasteiger partial charge is 0.444 e. The number of hydrogen-bond donors (Lipinski definition) is 2. The van der Waals surface area contributed by atoms with E-state index in [2.05, 4.69) is 15.3 Å². The summed E-state index contributed by atoms with van der Waals surface area (Å²) in [5, 5.41) is 3.16. The molecule has 0 amide bonds. The van der Waals surface area contributed by atoms with Gasteiger partial charge < -0.3 is 15.5 Å². The fourth-order valence-corrected chi connectivity index (χ4v) is 1.80. The lowest BCUT2D eigenvalue weighted by Crippen LogP contribution is -2.11. The average molecular weight is 276 g/mol. The van der Waals surface area contributed by atoms with Gasteiger partial charge in [0.1, 0.15) is 16.6 Å². The predicted molar refractivity (Wildman–Crippen MR) is 78.2 cm³/mol. The maximum absolute atomic E-state index is 5.63. The second-order valence-corrected chi connectivity index (χ2v) is 4.79. The van der Waals surface area contributed by atoms with E-state index in [0.717, 1.165) is 22.7 Å². The summed E-state index contributed by atoms with van der Waals surface area (Å²) in [7, 11) is 0. The van der Waals surface area contributed by atoms with Gasteiger partial charge >= 0.3 is 0 Å². The highest BCUT2D eigenvalue weighted by molar-refractivity contribution is 7.80. The Labute approximate surface area is 117 Å². The van der Waals surface area contributed by atoms with E-state index < -0.39 is 0 Å². The molecule has 0 fully saturated rings. The van der Waals surface area contributed by atoms with Gasteiger partial charge in [-0.3, -0.25) is 0 Å². The summed E-state index contributed by atoms with van der Waals surface area (Å²) in [5.41, 5.74) is 8.18. The number of anilines is 1. The van der Waals surface area contributed by atoms with Gasteiger partial charge in [0.25, 0.3) is 0 Å². The van der Waals surface area contributed by atoms with Gasteiger partial charge in [-0.05, 0) is 32.9 Å². The smallest absolute Gasteiger partial charge is 0.213 e. The van der Waals surface area contributed by atoms with E-state index in [0.29, 0.717) is 23.2 Å². The molecule has 0 radical (unpaired) electrons. The van der Waals surface area contributed by atoms with Crippen molar-refractivity contribution in [3.63, 3.8) is 0 Å². The summed E-state index contributed by atoms with van der Waals surface area (Å²) in [4.78, 5) is 9.02. The second kappa shape index (κ2) is 5.36. The molecule has 100 valence electrons. The van der Waals surface area contributed by atoms with E-state index in [1.54, 1.807) is 0 Å². The van der Waals surface area contributed by atoms with Crippen LogP contribution in [0.5, 0.6) is 0 Å². The number of nitrogens with zero attached hydrogens (tertiary/aromatic N) is 2. The molecule has 0 aliphatic heterocycles. The molecule has 0 bridgehead atoms. The maximum Gasteiger partial charge on any atom is 0.213 e. The first-order chi connectivity index (χ1) is 8.95. The lowest BCUT2D eigenvalue weighted by atomic mass is 10.2. The molecule has 0 saturated carbocycles. The summed E-state index contributed by atoms with van der Waals surface area (Å²) in [6.45, 7) is 6.17. The van der Waals surface area contributed by atoms with E-state index in [1.807, 2.05) is 32.9 Å². The van der Waals surface area contributed by atoms with Crippen LogP contribution in [-0.2, 0) is 6.54 Å². The van der Waals surface area contributed by atoms with Crippen LogP contribution in [0.1, 0.15) is 28.6 Å². The highest BCUT2D eigenvalue weighted by atomic mass is 32.1. The van der Waals surface area contributed by atoms with Crippen molar-refractivity contribution < 1.29 is 4.42 Å². The number of rotatable bonds is 4. The first-order valence-electron chi connectivity index (χ1n) is 5.91. The van der Waals surface area contributed by atoms with Crippen molar-refractivity contribution in [2.45, 2.75) is 27.3 Å². The van der Waals surface area contributed by atoms with Crippen LogP contribution >= 0.6 is 12.2 Å². The first kappa shape index (κ1) is 13.5. The minimum atomic E-state index is 0.358. The van der Waals surface area contributed by atoms with Crippen molar-refractivity contribution in [1.29, 1.82) is 0 Å². The average Bonchev–Trinajstić information content (AvgIpc) is 2.65. The van der Waals surface area contributed by atoms with Crippen LogP contribution in [0.15, 0.2) is 16.5 Å². The van der Waals surface area contributed by atoms with Crippen LogP contribution in [0, 0.1) is 20.8 Å². The van der Waals surface area contributed by atoms with Gasteiger partial charge in [-0.15, -0.1) is 0 Å². The number of thiocarbonyl (C=S) groups is 1. The zero-order valence-electron chi connectivity index (χ0n) is 11.2. The van der Waals surface area contributed by atoms with E-state index in [-0.39, 0.29) is 0 Å². The quantitative estimate of drug-likeness (QED) is 0.834. The van der Waals surface area contributed by atoms with E-state index in [4.69, 9.17) is 22.4 Å². The Hall–Kier alpha value is -1.95. The third kappa shape index (κ3) is 3.29. The Morgan fingerprint density at radius 3 is 2.63 bits per heavy atom. The summed E-state index contributed by atoms with van der Waals surface area (Å²) >= 11 is 4.97. The Morgan fingerprint density at radius 2 is 2.05 bits per heavy atom. The number of nitrogens with two attached hydrogens (primary N) is 1. The molecule has 19 heavy (non-hydrogen) atoms. The van der Waals surface area contributed by atoms with Gasteiger partial charge in [0.2, 0.25) is 5.89 Å². The molecular formula is C13H16N4OS. The Balaban J connectivity index is 2.13. The first-order valence-corrected chi connectivity index (χ1v) is 6.32. The third-order valence-electron chi connectivity index (χ3n) is 2.73. The lowest BCUT2D eigenvalue weighted by Gasteiger charge is -2.07. The van der Waals surface area contributed by atoms with Gasteiger partial charge in [0.05, 0.1) is 12.2 Å².